The lowest BCUT2D eigenvalue weighted by atomic mass is 10.5. The molecule has 0 aliphatic heterocycles. The summed E-state index contributed by atoms with van der Waals surface area (Å²) in [7, 11) is 4.03. The Labute approximate surface area is 91.8 Å². The van der Waals surface area contributed by atoms with Crippen molar-refractivity contribution in [2.24, 2.45) is 0 Å². The third-order valence-electron chi connectivity index (χ3n) is 1.59. The molecule has 0 N–H and O–H groups in total. The molecule has 0 saturated carbocycles. The van der Waals surface area contributed by atoms with Gasteiger partial charge in [-0.05, 0) is 27.9 Å². The SMILES string of the molecule is [CH2][CH]N([CH][CH2])C(=O)CSCCN(C)C. The van der Waals surface area contributed by atoms with Crippen molar-refractivity contribution in [3.63, 3.8) is 0 Å². The first kappa shape index (κ1) is 13.8. The molecule has 0 unspecified atom stereocenters. The standard InChI is InChI=1S/C10H18N2OS/c1-5-12(6-2)10(13)9-14-8-7-11(3)4/h5-6H,1-2,7-9H2,3-4H3. The molecule has 0 fully saturated rings. The number of hydrogen-bond acceptors (Lipinski definition) is 3. The Morgan fingerprint density at radius 2 is 1.93 bits per heavy atom. The second-order valence-corrected chi connectivity index (χ2v) is 4.13. The van der Waals surface area contributed by atoms with Gasteiger partial charge < -0.3 is 9.80 Å². The third kappa shape index (κ3) is 6.27. The number of nitrogens with zero attached hydrogens (tertiary/aromatic N) is 2. The van der Waals surface area contributed by atoms with Gasteiger partial charge in [0.15, 0.2) is 0 Å². The van der Waals surface area contributed by atoms with Gasteiger partial charge in [-0.15, -0.1) is 0 Å². The summed E-state index contributed by atoms with van der Waals surface area (Å²) in [6, 6.07) is 0. The van der Waals surface area contributed by atoms with Gasteiger partial charge in [-0.3, -0.25) is 4.79 Å². The van der Waals surface area contributed by atoms with Gasteiger partial charge in [0.2, 0.25) is 5.91 Å². The number of carbonyl (C=O) groups is 1. The summed E-state index contributed by atoms with van der Waals surface area (Å²) in [5.74, 6) is 1.46. The van der Waals surface area contributed by atoms with Gasteiger partial charge in [-0.2, -0.15) is 11.8 Å². The van der Waals surface area contributed by atoms with E-state index in [1.165, 1.54) is 18.0 Å². The molecule has 0 heterocycles. The average Bonchev–Trinajstić information content (AvgIpc) is 2.14. The Morgan fingerprint density at radius 3 is 2.36 bits per heavy atom. The van der Waals surface area contributed by atoms with E-state index in [9.17, 15) is 4.79 Å². The summed E-state index contributed by atoms with van der Waals surface area (Å²) in [6.45, 7) is 11.0. The van der Waals surface area contributed by atoms with E-state index in [4.69, 9.17) is 0 Å². The van der Waals surface area contributed by atoms with Crippen LogP contribution < -0.4 is 0 Å². The monoisotopic (exact) mass is 214 g/mol. The average molecular weight is 214 g/mol. The lowest BCUT2D eigenvalue weighted by molar-refractivity contribution is -0.125. The van der Waals surface area contributed by atoms with Crippen LogP contribution in [0.3, 0.4) is 0 Å². The largest absolute Gasteiger partial charge is 0.332 e. The maximum absolute atomic E-state index is 11.4. The first-order chi connectivity index (χ1) is 6.61. The molecule has 0 rings (SSSR count). The summed E-state index contributed by atoms with van der Waals surface area (Å²) in [6.07, 6.45) is 0. The molecular weight excluding hydrogens is 196 g/mol. The minimum atomic E-state index is 0.0266. The van der Waals surface area contributed by atoms with Gasteiger partial charge in [0.1, 0.15) is 0 Å². The quantitative estimate of drug-likeness (QED) is 0.593. The Morgan fingerprint density at radius 1 is 1.36 bits per heavy atom. The van der Waals surface area contributed by atoms with Gasteiger partial charge in [-0.1, -0.05) is 0 Å². The van der Waals surface area contributed by atoms with Crippen molar-refractivity contribution in [2.75, 3.05) is 32.1 Å². The molecule has 0 aliphatic carbocycles. The third-order valence-corrected chi connectivity index (χ3v) is 2.51. The van der Waals surface area contributed by atoms with Crippen molar-refractivity contribution >= 4 is 17.7 Å². The number of amides is 1. The van der Waals surface area contributed by atoms with Crippen molar-refractivity contribution in [3.05, 3.63) is 26.9 Å². The minimum absolute atomic E-state index is 0.0266. The van der Waals surface area contributed by atoms with E-state index < -0.39 is 0 Å². The molecule has 0 aromatic heterocycles. The number of rotatable bonds is 7. The molecule has 0 aliphatic rings. The van der Waals surface area contributed by atoms with E-state index in [0.717, 1.165) is 12.3 Å². The van der Waals surface area contributed by atoms with Crippen molar-refractivity contribution in [1.29, 1.82) is 0 Å². The van der Waals surface area contributed by atoms with Crippen molar-refractivity contribution < 1.29 is 4.79 Å². The van der Waals surface area contributed by atoms with Crippen LogP contribution in [0.1, 0.15) is 0 Å². The molecule has 0 spiro atoms. The van der Waals surface area contributed by atoms with Crippen molar-refractivity contribution in [2.45, 2.75) is 0 Å². The van der Waals surface area contributed by atoms with Crippen molar-refractivity contribution in [1.82, 2.24) is 9.80 Å². The smallest absolute Gasteiger partial charge is 0.233 e. The van der Waals surface area contributed by atoms with Gasteiger partial charge in [0.25, 0.3) is 0 Å². The fraction of sp³-hybridized carbons (Fsp3) is 0.500. The van der Waals surface area contributed by atoms with Crippen LogP contribution in [-0.4, -0.2) is 47.9 Å². The molecule has 0 bridgehead atoms. The van der Waals surface area contributed by atoms with Crippen LogP contribution in [0.15, 0.2) is 0 Å². The highest BCUT2D eigenvalue weighted by atomic mass is 32.2. The maximum Gasteiger partial charge on any atom is 0.233 e. The van der Waals surface area contributed by atoms with Crippen LogP contribution in [0, 0.1) is 26.9 Å². The van der Waals surface area contributed by atoms with Crippen LogP contribution in [0.4, 0.5) is 0 Å². The summed E-state index contributed by atoms with van der Waals surface area (Å²) in [4.78, 5) is 14.9. The first-order valence-electron chi connectivity index (χ1n) is 4.40. The predicted molar refractivity (Wildman–Crippen MR) is 62.0 cm³/mol. The first-order valence-corrected chi connectivity index (χ1v) is 5.56. The van der Waals surface area contributed by atoms with Gasteiger partial charge in [-0.25, -0.2) is 0 Å². The van der Waals surface area contributed by atoms with Crippen LogP contribution in [0.2, 0.25) is 0 Å². The Bertz CT molecular complexity index is 158. The van der Waals surface area contributed by atoms with Crippen LogP contribution in [-0.2, 0) is 4.79 Å². The molecular formula is C10H18N2OS. The van der Waals surface area contributed by atoms with E-state index in [0.29, 0.717) is 5.75 Å². The lowest BCUT2D eigenvalue weighted by Crippen LogP contribution is -2.26. The predicted octanol–water partition coefficient (Wildman–Crippen LogP) is 1.10. The molecule has 0 aromatic rings. The molecule has 0 aromatic carbocycles. The number of hydrogen-bond donors (Lipinski definition) is 0. The van der Waals surface area contributed by atoms with Crippen LogP contribution >= 0.6 is 11.8 Å². The maximum atomic E-state index is 11.4. The van der Waals surface area contributed by atoms with Gasteiger partial charge >= 0.3 is 0 Å². The van der Waals surface area contributed by atoms with E-state index in [-0.39, 0.29) is 5.91 Å². The summed E-state index contributed by atoms with van der Waals surface area (Å²) < 4.78 is 0. The van der Waals surface area contributed by atoms with E-state index in [1.807, 2.05) is 14.1 Å². The topological polar surface area (TPSA) is 23.6 Å². The van der Waals surface area contributed by atoms with E-state index >= 15 is 0 Å². The Hall–Kier alpha value is -0.220. The molecule has 4 radical (unpaired) electrons. The zero-order valence-electron chi connectivity index (χ0n) is 8.90. The molecule has 4 heteroatoms. The van der Waals surface area contributed by atoms with Crippen LogP contribution in [0.25, 0.3) is 0 Å². The normalized spacial score (nSPS) is 10.6. The Balaban J connectivity index is 3.52. The molecule has 80 valence electrons. The molecule has 14 heavy (non-hydrogen) atoms. The minimum Gasteiger partial charge on any atom is -0.332 e. The van der Waals surface area contributed by atoms with E-state index in [1.54, 1.807) is 11.8 Å². The highest BCUT2D eigenvalue weighted by Gasteiger charge is 2.09. The number of carbonyl (C=O) groups excluding carboxylic acids is 1. The second kappa shape index (κ2) is 8.12. The van der Waals surface area contributed by atoms with Crippen LogP contribution in [0.5, 0.6) is 0 Å². The second-order valence-electron chi connectivity index (χ2n) is 3.02. The lowest BCUT2D eigenvalue weighted by Gasteiger charge is -2.17. The molecule has 1 amide bonds. The highest BCUT2D eigenvalue weighted by Crippen LogP contribution is 2.05. The summed E-state index contributed by atoms with van der Waals surface area (Å²) in [5, 5.41) is 0. The zero-order valence-corrected chi connectivity index (χ0v) is 9.72. The molecule has 0 saturated heterocycles. The van der Waals surface area contributed by atoms with Gasteiger partial charge in [0.05, 0.1) is 18.8 Å². The number of thioether (sulfide) groups is 1. The zero-order chi connectivity index (χ0) is 11.0. The summed E-state index contributed by atoms with van der Waals surface area (Å²) in [5.41, 5.74) is 0. The summed E-state index contributed by atoms with van der Waals surface area (Å²) >= 11 is 1.62. The Kier molecular flexibility index (Phi) is 7.99. The van der Waals surface area contributed by atoms with E-state index in [2.05, 4.69) is 18.7 Å². The molecule has 3 nitrogen and oxygen atoms in total. The fourth-order valence-electron chi connectivity index (χ4n) is 0.759. The highest BCUT2D eigenvalue weighted by molar-refractivity contribution is 7.99. The van der Waals surface area contributed by atoms with Crippen molar-refractivity contribution in [3.8, 4) is 0 Å². The fourth-order valence-corrected chi connectivity index (χ4v) is 1.72. The molecule has 0 atom stereocenters. The van der Waals surface area contributed by atoms with Gasteiger partial charge in [0, 0.05) is 12.3 Å².